The summed E-state index contributed by atoms with van der Waals surface area (Å²) in [4.78, 5) is 18.2. The molecule has 18 heavy (non-hydrogen) atoms. The molecule has 1 N–H and O–H groups in total. The Labute approximate surface area is 112 Å². The van der Waals surface area contributed by atoms with E-state index in [1.54, 1.807) is 11.3 Å². The van der Waals surface area contributed by atoms with Gasteiger partial charge in [-0.05, 0) is 25.6 Å². The van der Waals surface area contributed by atoms with E-state index in [2.05, 4.69) is 22.6 Å². The van der Waals surface area contributed by atoms with Crippen LogP contribution in [-0.4, -0.2) is 55.5 Å². The minimum absolute atomic E-state index is 0.238. The molecule has 3 rings (SSSR count). The van der Waals surface area contributed by atoms with Crippen molar-refractivity contribution in [1.82, 2.24) is 15.1 Å². The number of carbonyl (C=O) groups is 1. The van der Waals surface area contributed by atoms with E-state index in [-0.39, 0.29) is 5.91 Å². The molecule has 0 aromatic carbocycles. The number of hydrogen-bond donors (Lipinski definition) is 1. The van der Waals surface area contributed by atoms with Crippen molar-refractivity contribution in [2.45, 2.75) is 13.0 Å². The number of likely N-dealkylation sites (N-methyl/N-ethyl adjacent to an activating group) is 1. The summed E-state index contributed by atoms with van der Waals surface area (Å²) in [6, 6.07) is 0. The molecule has 0 radical (unpaired) electrons. The molecule has 1 aromatic rings. The van der Waals surface area contributed by atoms with Crippen LogP contribution in [0.15, 0.2) is 5.38 Å². The highest BCUT2D eigenvalue weighted by Crippen LogP contribution is 2.26. The first kappa shape index (κ1) is 12.1. The predicted molar refractivity (Wildman–Crippen MR) is 73.1 cm³/mol. The topological polar surface area (TPSA) is 35.6 Å². The zero-order valence-electron chi connectivity index (χ0n) is 10.7. The summed E-state index contributed by atoms with van der Waals surface area (Å²) in [6.45, 7) is 5.61. The summed E-state index contributed by atoms with van der Waals surface area (Å²) < 4.78 is 0. The van der Waals surface area contributed by atoms with E-state index in [4.69, 9.17) is 0 Å². The van der Waals surface area contributed by atoms with E-state index in [1.165, 1.54) is 10.4 Å². The van der Waals surface area contributed by atoms with Crippen LogP contribution in [0.1, 0.15) is 20.8 Å². The Morgan fingerprint density at radius 3 is 2.89 bits per heavy atom. The van der Waals surface area contributed by atoms with E-state index >= 15 is 0 Å². The summed E-state index contributed by atoms with van der Waals surface area (Å²) >= 11 is 1.72. The molecule has 2 aliphatic rings. The Morgan fingerprint density at radius 1 is 1.33 bits per heavy atom. The second kappa shape index (κ2) is 4.99. The molecule has 1 aromatic heterocycles. The predicted octanol–water partition coefficient (Wildman–Crippen LogP) is 0.781. The van der Waals surface area contributed by atoms with Crippen molar-refractivity contribution in [3.05, 3.63) is 21.4 Å². The third kappa shape index (κ3) is 2.18. The molecule has 0 bridgehead atoms. The van der Waals surface area contributed by atoms with Gasteiger partial charge in [0, 0.05) is 43.0 Å². The molecule has 0 unspecified atom stereocenters. The number of hydrogen-bond acceptors (Lipinski definition) is 4. The lowest BCUT2D eigenvalue weighted by molar-refractivity contribution is 0.0663. The number of nitrogens with zero attached hydrogens (tertiary/aromatic N) is 2. The van der Waals surface area contributed by atoms with Crippen LogP contribution < -0.4 is 5.32 Å². The van der Waals surface area contributed by atoms with Crippen LogP contribution >= 0.6 is 11.3 Å². The van der Waals surface area contributed by atoms with Crippen molar-refractivity contribution in [2.75, 3.05) is 39.8 Å². The van der Waals surface area contributed by atoms with Gasteiger partial charge in [-0.3, -0.25) is 4.79 Å². The lowest BCUT2D eigenvalue weighted by atomic mass is 10.0. The SMILES string of the molecule is CN1CCN(C(=O)c2csc3c2CCNC3)CC1. The molecular formula is C13H19N3OS. The van der Waals surface area contributed by atoms with Crippen molar-refractivity contribution in [1.29, 1.82) is 0 Å². The summed E-state index contributed by atoms with van der Waals surface area (Å²) in [6.07, 6.45) is 0.994. The van der Waals surface area contributed by atoms with Crippen LogP contribution in [0.25, 0.3) is 0 Å². The number of piperazine rings is 1. The van der Waals surface area contributed by atoms with Gasteiger partial charge < -0.3 is 15.1 Å². The second-order valence-electron chi connectivity index (χ2n) is 5.07. The Balaban J connectivity index is 1.78. The fourth-order valence-electron chi connectivity index (χ4n) is 2.62. The standard InChI is InChI=1S/C13H19N3OS/c1-15-4-6-16(7-5-15)13(17)11-9-18-12-8-14-3-2-10(11)12/h9,14H,2-8H2,1H3. The molecule has 98 valence electrons. The van der Waals surface area contributed by atoms with Crippen molar-refractivity contribution in [2.24, 2.45) is 0 Å². The van der Waals surface area contributed by atoms with E-state index in [1.807, 2.05) is 4.90 Å². The lowest BCUT2D eigenvalue weighted by Gasteiger charge is -2.32. The maximum Gasteiger partial charge on any atom is 0.255 e. The Hall–Kier alpha value is -0.910. The van der Waals surface area contributed by atoms with Gasteiger partial charge in [-0.15, -0.1) is 11.3 Å². The number of fused-ring (bicyclic) bond motifs is 1. The molecule has 1 saturated heterocycles. The maximum atomic E-state index is 12.5. The van der Waals surface area contributed by atoms with Crippen molar-refractivity contribution < 1.29 is 4.79 Å². The number of carbonyl (C=O) groups excluding carboxylic acids is 1. The average Bonchev–Trinajstić information content (AvgIpc) is 2.82. The van der Waals surface area contributed by atoms with Crippen LogP contribution in [0.4, 0.5) is 0 Å². The van der Waals surface area contributed by atoms with E-state index in [9.17, 15) is 4.79 Å². The van der Waals surface area contributed by atoms with Gasteiger partial charge in [0.2, 0.25) is 0 Å². The minimum atomic E-state index is 0.238. The Morgan fingerprint density at radius 2 is 2.11 bits per heavy atom. The van der Waals surface area contributed by atoms with Crippen LogP contribution in [0.5, 0.6) is 0 Å². The van der Waals surface area contributed by atoms with Gasteiger partial charge in [-0.1, -0.05) is 0 Å². The zero-order chi connectivity index (χ0) is 12.5. The fourth-order valence-corrected chi connectivity index (χ4v) is 3.66. The number of thiophene rings is 1. The van der Waals surface area contributed by atoms with Gasteiger partial charge in [0.15, 0.2) is 0 Å². The van der Waals surface area contributed by atoms with Gasteiger partial charge >= 0.3 is 0 Å². The highest BCUT2D eigenvalue weighted by Gasteiger charge is 2.25. The van der Waals surface area contributed by atoms with E-state index in [0.717, 1.165) is 51.3 Å². The minimum Gasteiger partial charge on any atom is -0.336 e. The van der Waals surface area contributed by atoms with E-state index in [0.29, 0.717) is 0 Å². The number of nitrogens with one attached hydrogen (secondary N) is 1. The summed E-state index contributed by atoms with van der Waals surface area (Å²) in [5.41, 5.74) is 2.25. The molecular weight excluding hydrogens is 246 g/mol. The highest BCUT2D eigenvalue weighted by molar-refractivity contribution is 7.10. The average molecular weight is 265 g/mol. The second-order valence-corrected chi connectivity index (χ2v) is 6.04. The lowest BCUT2D eigenvalue weighted by Crippen LogP contribution is -2.47. The van der Waals surface area contributed by atoms with Crippen molar-refractivity contribution in [3.8, 4) is 0 Å². The van der Waals surface area contributed by atoms with Crippen LogP contribution in [-0.2, 0) is 13.0 Å². The largest absolute Gasteiger partial charge is 0.336 e. The number of rotatable bonds is 1. The van der Waals surface area contributed by atoms with Gasteiger partial charge in [-0.25, -0.2) is 0 Å². The Kier molecular flexibility index (Phi) is 3.37. The van der Waals surface area contributed by atoms with Crippen LogP contribution in [0.2, 0.25) is 0 Å². The monoisotopic (exact) mass is 265 g/mol. The van der Waals surface area contributed by atoms with Gasteiger partial charge in [0.25, 0.3) is 5.91 Å². The molecule has 3 heterocycles. The normalized spacial score (nSPS) is 20.8. The molecule has 5 heteroatoms. The van der Waals surface area contributed by atoms with Gasteiger partial charge in [-0.2, -0.15) is 0 Å². The molecule has 4 nitrogen and oxygen atoms in total. The summed E-state index contributed by atoms with van der Waals surface area (Å²) in [5, 5.41) is 5.41. The third-order valence-electron chi connectivity index (χ3n) is 3.84. The molecule has 0 saturated carbocycles. The molecule has 2 aliphatic heterocycles. The van der Waals surface area contributed by atoms with Gasteiger partial charge in [0.1, 0.15) is 0 Å². The first-order chi connectivity index (χ1) is 8.75. The van der Waals surface area contributed by atoms with Crippen molar-refractivity contribution in [3.63, 3.8) is 0 Å². The molecule has 0 atom stereocenters. The molecule has 1 fully saturated rings. The summed E-state index contributed by atoms with van der Waals surface area (Å²) in [5.74, 6) is 0.238. The molecule has 1 amide bonds. The molecule has 0 aliphatic carbocycles. The first-order valence-electron chi connectivity index (χ1n) is 6.53. The summed E-state index contributed by atoms with van der Waals surface area (Å²) in [7, 11) is 2.11. The first-order valence-corrected chi connectivity index (χ1v) is 7.41. The maximum absolute atomic E-state index is 12.5. The van der Waals surface area contributed by atoms with E-state index < -0.39 is 0 Å². The number of amides is 1. The smallest absolute Gasteiger partial charge is 0.255 e. The van der Waals surface area contributed by atoms with Crippen molar-refractivity contribution >= 4 is 17.2 Å². The quantitative estimate of drug-likeness (QED) is 0.815. The molecule has 0 spiro atoms. The van der Waals surface area contributed by atoms with Crippen LogP contribution in [0.3, 0.4) is 0 Å². The zero-order valence-corrected chi connectivity index (χ0v) is 11.6. The fraction of sp³-hybridized carbons (Fsp3) is 0.615. The van der Waals surface area contributed by atoms with Crippen LogP contribution in [0, 0.1) is 0 Å². The third-order valence-corrected chi connectivity index (χ3v) is 4.87. The van der Waals surface area contributed by atoms with Gasteiger partial charge in [0.05, 0.1) is 5.56 Å². The highest BCUT2D eigenvalue weighted by atomic mass is 32.1. The Bertz CT molecular complexity index is 449.